The maximum Gasteiger partial charge on any atom is 0.321 e. The van der Waals surface area contributed by atoms with Gasteiger partial charge in [0.15, 0.2) is 0 Å². The number of nitrogens with two attached hydrogens (primary N) is 1. The first-order valence-electron chi connectivity index (χ1n) is 3.58. The fraction of sp³-hybridized carbons (Fsp3) is 0.857. The van der Waals surface area contributed by atoms with Crippen molar-refractivity contribution < 1.29 is 13.6 Å². The average Bonchev–Trinajstić information content (AvgIpc) is 1.78. The Morgan fingerprint density at radius 3 is 2.08 bits per heavy atom. The quantitative estimate of drug-likeness (QED) is 0.664. The predicted octanol–water partition coefficient (Wildman–Crippen LogP) is 0.495. The number of hydrogen-bond donors (Lipinski definition) is 2. The van der Waals surface area contributed by atoms with Gasteiger partial charge in [0.2, 0.25) is 0 Å². The molecular formula is C7H14F2N2O. The van der Waals surface area contributed by atoms with E-state index < -0.39 is 17.4 Å². The van der Waals surface area contributed by atoms with Crippen molar-refractivity contribution in [1.29, 1.82) is 0 Å². The fourth-order valence-corrected chi connectivity index (χ4v) is 0.463. The number of nitrogens with one attached hydrogen (secondary N) is 1. The zero-order valence-corrected chi connectivity index (χ0v) is 7.45. The van der Waals surface area contributed by atoms with Crippen LogP contribution in [0, 0.1) is 0 Å². The van der Waals surface area contributed by atoms with Crippen LogP contribution in [0.3, 0.4) is 0 Å². The summed E-state index contributed by atoms with van der Waals surface area (Å²) in [5.41, 5.74) is 4.80. The molecule has 0 rings (SSSR count). The maximum atomic E-state index is 12.2. The molecule has 0 aromatic rings. The van der Waals surface area contributed by atoms with E-state index in [0.29, 0.717) is 6.92 Å². The summed E-state index contributed by atoms with van der Waals surface area (Å²) in [5, 5.41) is 2.05. The largest absolute Gasteiger partial charge is 0.349 e. The first-order valence-corrected chi connectivity index (χ1v) is 3.58. The molecule has 0 aliphatic carbocycles. The van der Waals surface area contributed by atoms with Gasteiger partial charge in [0.1, 0.15) is 0 Å². The molecule has 0 aliphatic heterocycles. The summed E-state index contributed by atoms with van der Waals surface area (Å²) in [7, 11) is 0. The number of carbonyl (C=O) groups excluding carboxylic acids is 1. The molecule has 0 saturated carbocycles. The number of halogens is 2. The number of amides is 1. The van der Waals surface area contributed by atoms with Gasteiger partial charge in [-0.05, 0) is 13.8 Å². The van der Waals surface area contributed by atoms with Crippen LogP contribution in [0.4, 0.5) is 8.78 Å². The van der Waals surface area contributed by atoms with Crippen LogP contribution in [0.15, 0.2) is 0 Å². The minimum absolute atomic E-state index is 0.0370. The van der Waals surface area contributed by atoms with E-state index in [4.69, 9.17) is 5.73 Å². The van der Waals surface area contributed by atoms with Crippen LogP contribution < -0.4 is 11.1 Å². The van der Waals surface area contributed by atoms with Gasteiger partial charge in [0.25, 0.3) is 5.91 Å². The summed E-state index contributed by atoms with van der Waals surface area (Å²) in [6.07, 6.45) is 0. The van der Waals surface area contributed by atoms with Gasteiger partial charge < -0.3 is 11.1 Å². The summed E-state index contributed by atoms with van der Waals surface area (Å²) >= 11 is 0. The molecular weight excluding hydrogens is 166 g/mol. The Balaban J connectivity index is 3.90. The van der Waals surface area contributed by atoms with Gasteiger partial charge >= 0.3 is 5.92 Å². The second kappa shape index (κ2) is 3.35. The smallest absolute Gasteiger partial charge is 0.321 e. The predicted molar refractivity (Wildman–Crippen MR) is 41.9 cm³/mol. The molecule has 0 fully saturated rings. The normalized spacial score (nSPS) is 12.8. The highest BCUT2D eigenvalue weighted by Crippen LogP contribution is 2.10. The Bertz CT molecular complexity index is 169. The van der Waals surface area contributed by atoms with Gasteiger partial charge in [-0.15, -0.1) is 0 Å². The Hall–Kier alpha value is -0.710. The summed E-state index contributed by atoms with van der Waals surface area (Å²) in [4.78, 5) is 10.6. The maximum absolute atomic E-state index is 12.2. The molecule has 1 amide bonds. The minimum Gasteiger partial charge on any atom is -0.349 e. The lowest BCUT2D eigenvalue weighted by molar-refractivity contribution is -0.143. The second-order valence-electron chi connectivity index (χ2n) is 3.56. The molecule has 0 aromatic carbocycles. The summed E-state index contributed by atoms with van der Waals surface area (Å²) in [5.74, 6) is -4.62. The van der Waals surface area contributed by atoms with E-state index in [1.807, 2.05) is 5.32 Å². The van der Waals surface area contributed by atoms with E-state index in [9.17, 15) is 13.6 Å². The zero-order chi connectivity index (χ0) is 9.99. The molecule has 0 saturated heterocycles. The number of hydrogen-bond acceptors (Lipinski definition) is 2. The van der Waals surface area contributed by atoms with Gasteiger partial charge in [-0.25, -0.2) is 0 Å². The van der Waals surface area contributed by atoms with E-state index in [0.717, 1.165) is 0 Å². The standard InChI is InChI=1S/C7H14F2N2O/c1-6(2,10)4-11-5(12)7(3,8)9/h4,10H2,1-3H3,(H,11,12). The Labute approximate surface area is 70.3 Å². The van der Waals surface area contributed by atoms with Crippen LogP contribution >= 0.6 is 0 Å². The number of alkyl halides is 2. The molecule has 0 unspecified atom stereocenters. The van der Waals surface area contributed by atoms with Crippen molar-refractivity contribution in [1.82, 2.24) is 5.32 Å². The Morgan fingerprint density at radius 1 is 1.42 bits per heavy atom. The van der Waals surface area contributed by atoms with E-state index in [2.05, 4.69) is 0 Å². The van der Waals surface area contributed by atoms with Crippen molar-refractivity contribution in [2.24, 2.45) is 5.73 Å². The SMILES string of the molecule is CC(C)(N)CNC(=O)C(C)(F)F. The van der Waals surface area contributed by atoms with Crippen LogP contribution in [-0.4, -0.2) is 23.9 Å². The molecule has 0 bridgehead atoms. The molecule has 0 radical (unpaired) electrons. The van der Waals surface area contributed by atoms with E-state index in [1.165, 1.54) is 0 Å². The first-order chi connectivity index (χ1) is 5.13. The van der Waals surface area contributed by atoms with Crippen molar-refractivity contribution in [2.45, 2.75) is 32.2 Å². The monoisotopic (exact) mass is 180 g/mol. The third-order valence-electron chi connectivity index (χ3n) is 1.10. The molecule has 0 spiro atoms. The Kier molecular flexibility index (Phi) is 3.15. The highest BCUT2D eigenvalue weighted by molar-refractivity contribution is 5.82. The molecule has 5 heteroatoms. The topological polar surface area (TPSA) is 55.1 Å². The fourth-order valence-electron chi connectivity index (χ4n) is 0.463. The highest BCUT2D eigenvalue weighted by atomic mass is 19.3. The van der Waals surface area contributed by atoms with Crippen LogP contribution in [0.25, 0.3) is 0 Å². The van der Waals surface area contributed by atoms with Gasteiger partial charge in [-0.2, -0.15) is 8.78 Å². The van der Waals surface area contributed by atoms with Crippen molar-refractivity contribution in [3.8, 4) is 0 Å². The van der Waals surface area contributed by atoms with Gasteiger partial charge in [-0.1, -0.05) is 0 Å². The molecule has 3 nitrogen and oxygen atoms in total. The lowest BCUT2D eigenvalue weighted by Crippen LogP contribution is -2.48. The molecule has 0 aliphatic rings. The molecule has 0 aromatic heterocycles. The Morgan fingerprint density at radius 2 is 1.83 bits per heavy atom. The van der Waals surface area contributed by atoms with Crippen molar-refractivity contribution in [2.75, 3.05) is 6.54 Å². The van der Waals surface area contributed by atoms with Crippen molar-refractivity contribution in [3.05, 3.63) is 0 Å². The summed E-state index contributed by atoms with van der Waals surface area (Å²) in [6.45, 7) is 3.86. The van der Waals surface area contributed by atoms with Crippen molar-refractivity contribution in [3.63, 3.8) is 0 Å². The number of carbonyl (C=O) groups is 1. The van der Waals surface area contributed by atoms with Crippen LogP contribution in [-0.2, 0) is 4.79 Å². The molecule has 0 atom stereocenters. The zero-order valence-electron chi connectivity index (χ0n) is 7.45. The van der Waals surface area contributed by atoms with E-state index in [1.54, 1.807) is 13.8 Å². The molecule has 12 heavy (non-hydrogen) atoms. The van der Waals surface area contributed by atoms with Crippen LogP contribution in [0.1, 0.15) is 20.8 Å². The van der Waals surface area contributed by atoms with Crippen LogP contribution in [0.2, 0.25) is 0 Å². The first kappa shape index (κ1) is 11.3. The second-order valence-corrected chi connectivity index (χ2v) is 3.56. The molecule has 0 heterocycles. The lowest BCUT2D eigenvalue weighted by Gasteiger charge is -2.20. The summed E-state index contributed by atoms with van der Waals surface area (Å²) < 4.78 is 24.5. The van der Waals surface area contributed by atoms with E-state index >= 15 is 0 Å². The minimum atomic E-state index is -3.33. The molecule has 3 N–H and O–H groups in total. The average molecular weight is 180 g/mol. The van der Waals surface area contributed by atoms with Crippen LogP contribution in [0.5, 0.6) is 0 Å². The third-order valence-corrected chi connectivity index (χ3v) is 1.10. The molecule has 72 valence electrons. The summed E-state index contributed by atoms with van der Waals surface area (Å²) in [6, 6.07) is 0. The number of rotatable bonds is 3. The van der Waals surface area contributed by atoms with Gasteiger partial charge in [0.05, 0.1) is 0 Å². The van der Waals surface area contributed by atoms with Crippen molar-refractivity contribution >= 4 is 5.91 Å². The van der Waals surface area contributed by atoms with Gasteiger partial charge in [-0.3, -0.25) is 4.79 Å². The van der Waals surface area contributed by atoms with Gasteiger partial charge in [0, 0.05) is 19.0 Å². The highest BCUT2D eigenvalue weighted by Gasteiger charge is 2.32. The lowest BCUT2D eigenvalue weighted by atomic mass is 10.1. The third kappa shape index (κ3) is 5.01. The van der Waals surface area contributed by atoms with E-state index in [-0.39, 0.29) is 6.54 Å².